The van der Waals surface area contributed by atoms with E-state index in [-0.39, 0.29) is 0 Å². The number of rotatable bonds is 4. The Labute approximate surface area is 159 Å². The van der Waals surface area contributed by atoms with E-state index in [4.69, 9.17) is 1.37 Å². The van der Waals surface area contributed by atoms with E-state index in [1.165, 1.54) is 24.1 Å². The van der Waals surface area contributed by atoms with Crippen LogP contribution in [-0.4, -0.2) is 36.0 Å². The van der Waals surface area contributed by atoms with Gasteiger partial charge < -0.3 is 0 Å². The van der Waals surface area contributed by atoms with Crippen molar-refractivity contribution in [3.63, 3.8) is 0 Å². The Morgan fingerprint density at radius 3 is 1.65 bits per heavy atom. The molecule has 2 nitrogen and oxygen atoms in total. The average Bonchev–Trinajstić information content (AvgIpc) is 2.73. The Bertz CT molecular complexity index is 725. The zero-order chi connectivity index (χ0) is 18.7. The van der Waals surface area contributed by atoms with Crippen LogP contribution in [0.2, 0.25) is 0 Å². The van der Waals surface area contributed by atoms with Gasteiger partial charge in [0.1, 0.15) is 0 Å². The minimum atomic E-state index is 0.786. The summed E-state index contributed by atoms with van der Waals surface area (Å²) in [6, 6.07) is 22.0. The van der Waals surface area contributed by atoms with Crippen molar-refractivity contribution in [2.75, 3.05) is 26.2 Å². The van der Waals surface area contributed by atoms with Gasteiger partial charge in [-0.2, -0.15) is 0 Å². The standard InChI is InChI=1S/2C12H15N/c2*1-3-7-12(8-4-1)11-13-9-5-2-6-10-13/h2*1-5,7-8H,6,9-11H2/i2D;. The average molecular weight is 348 g/mol. The molecule has 0 atom stereocenters. The van der Waals surface area contributed by atoms with Crippen molar-refractivity contribution in [3.05, 3.63) is 96.1 Å². The fourth-order valence-corrected chi connectivity index (χ4v) is 3.27. The Kier molecular flexibility index (Phi) is 7.14. The summed E-state index contributed by atoms with van der Waals surface area (Å²) in [4.78, 5) is 4.84. The van der Waals surface area contributed by atoms with E-state index in [0.29, 0.717) is 0 Å². The molecule has 0 saturated heterocycles. The van der Waals surface area contributed by atoms with Crippen molar-refractivity contribution in [2.24, 2.45) is 0 Å². The summed E-state index contributed by atoms with van der Waals surface area (Å²) in [5, 5.41) is 0. The summed E-state index contributed by atoms with van der Waals surface area (Å²) in [5.41, 5.74) is 2.77. The molecule has 136 valence electrons. The van der Waals surface area contributed by atoms with Gasteiger partial charge in [0, 0.05) is 39.3 Å². The monoisotopic (exact) mass is 347 g/mol. The highest BCUT2D eigenvalue weighted by Crippen LogP contribution is 2.09. The molecule has 0 unspecified atom stereocenters. The van der Waals surface area contributed by atoms with Crippen molar-refractivity contribution in [1.82, 2.24) is 9.80 Å². The summed E-state index contributed by atoms with van der Waals surface area (Å²) < 4.78 is 7.48. The molecule has 0 radical (unpaired) electrons. The van der Waals surface area contributed by atoms with Gasteiger partial charge in [-0.05, 0) is 24.0 Å². The van der Waals surface area contributed by atoms with Crippen LogP contribution in [0, 0.1) is 0 Å². The van der Waals surface area contributed by atoms with Crippen molar-refractivity contribution in [1.29, 1.82) is 0 Å². The summed E-state index contributed by atoms with van der Waals surface area (Å²) in [7, 11) is 0. The second-order valence-corrected chi connectivity index (χ2v) is 6.86. The molecular formula is C24H30N2. The molecule has 2 aromatic rings. The van der Waals surface area contributed by atoms with Crippen LogP contribution in [0.4, 0.5) is 0 Å². The van der Waals surface area contributed by atoms with Crippen LogP contribution in [0.1, 0.15) is 25.3 Å². The van der Waals surface area contributed by atoms with E-state index >= 15 is 0 Å². The Morgan fingerprint density at radius 1 is 0.654 bits per heavy atom. The van der Waals surface area contributed by atoms with Gasteiger partial charge in [0.25, 0.3) is 0 Å². The molecule has 0 amide bonds. The lowest BCUT2D eigenvalue weighted by Crippen LogP contribution is -2.26. The van der Waals surface area contributed by atoms with Crippen LogP contribution < -0.4 is 0 Å². The highest BCUT2D eigenvalue weighted by molar-refractivity contribution is 5.15. The zero-order valence-electron chi connectivity index (χ0n) is 16.6. The van der Waals surface area contributed by atoms with Crippen LogP contribution in [0.5, 0.6) is 0 Å². The van der Waals surface area contributed by atoms with Crippen LogP contribution in [0.3, 0.4) is 0 Å². The van der Waals surface area contributed by atoms with Gasteiger partial charge in [0.05, 0.1) is 1.37 Å². The van der Waals surface area contributed by atoms with E-state index in [9.17, 15) is 0 Å². The molecule has 0 aliphatic carbocycles. The molecular weight excluding hydrogens is 316 g/mol. The first-order chi connectivity index (χ1) is 13.3. The molecule has 2 heterocycles. The number of hydrogen-bond acceptors (Lipinski definition) is 2. The topological polar surface area (TPSA) is 6.48 Å². The number of nitrogens with zero attached hydrogens (tertiary/aromatic N) is 2. The third kappa shape index (κ3) is 6.62. The fourth-order valence-electron chi connectivity index (χ4n) is 3.27. The van der Waals surface area contributed by atoms with E-state index in [2.05, 4.69) is 76.5 Å². The maximum atomic E-state index is 7.48. The van der Waals surface area contributed by atoms with E-state index < -0.39 is 0 Å². The molecule has 26 heavy (non-hydrogen) atoms. The van der Waals surface area contributed by atoms with Crippen LogP contribution >= 0.6 is 0 Å². The molecule has 0 spiro atoms. The first kappa shape index (κ1) is 17.3. The molecule has 2 aliphatic heterocycles. The van der Waals surface area contributed by atoms with Gasteiger partial charge in [-0.15, -0.1) is 0 Å². The maximum Gasteiger partial charge on any atom is 0.0573 e. The lowest BCUT2D eigenvalue weighted by Gasteiger charge is -2.22. The minimum Gasteiger partial charge on any atom is -0.295 e. The van der Waals surface area contributed by atoms with E-state index in [1.54, 1.807) is 0 Å². The highest BCUT2D eigenvalue weighted by Gasteiger charge is 2.06. The molecule has 4 rings (SSSR count). The Morgan fingerprint density at radius 2 is 1.19 bits per heavy atom. The Balaban J connectivity index is 0.000000156. The molecule has 0 aromatic heterocycles. The summed E-state index contributed by atoms with van der Waals surface area (Å²) in [6.45, 7) is 6.34. The van der Waals surface area contributed by atoms with Crippen LogP contribution in [0.15, 0.2) is 84.9 Å². The van der Waals surface area contributed by atoms with Gasteiger partial charge in [0.15, 0.2) is 0 Å². The van der Waals surface area contributed by atoms with Crippen molar-refractivity contribution in [3.8, 4) is 0 Å². The predicted octanol–water partition coefficient (Wildman–Crippen LogP) is 4.90. The van der Waals surface area contributed by atoms with Crippen molar-refractivity contribution in [2.45, 2.75) is 25.9 Å². The van der Waals surface area contributed by atoms with Crippen LogP contribution in [-0.2, 0) is 13.1 Å². The van der Waals surface area contributed by atoms with E-state index in [1.807, 2.05) is 12.1 Å². The summed E-state index contributed by atoms with van der Waals surface area (Å²) >= 11 is 0. The quantitative estimate of drug-likeness (QED) is 0.726. The number of hydrogen-bond donors (Lipinski definition) is 0. The normalized spacial score (nSPS) is 18.5. The second kappa shape index (κ2) is 10.7. The molecule has 0 bridgehead atoms. The predicted molar refractivity (Wildman–Crippen MR) is 111 cm³/mol. The highest BCUT2D eigenvalue weighted by atomic mass is 15.1. The Hall–Kier alpha value is -2.16. The van der Waals surface area contributed by atoms with Crippen molar-refractivity contribution >= 4 is 0 Å². The smallest absolute Gasteiger partial charge is 0.0573 e. The van der Waals surface area contributed by atoms with Crippen LogP contribution in [0.25, 0.3) is 0 Å². The van der Waals surface area contributed by atoms with Gasteiger partial charge >= 0.3 is 0 Å². The first-order valence-electron chi connectivity index (χ1n) is 10.1. The summed E-state index contributed by atoms with van der Waals surface area (Å²) in [6.07, 6.45) is 8.63. The molecule has 0 fully saturated rings. The molecule has 0 saturated carbocycles. The summed E-state index contributed by atoms with van der Waals surface area (Å²) in [5.74, 6) is 0. The van der Waals surface area contributed by atoms with Gasteiger partial charge in [-0.1, -0.05) is 84.9 Å². The number of benzene rings is 2. The van der Waals surface area contributed by atoms with Gasteiger partial charge in [-0.25, -0.2) is 0 Å². The minimum absolute atomic E-state index is 0.786. The zero-order valence-corrected chi connectivity index (χ0v) is 15.6. The molecule has 2 heteroatoms. The fraction of sp³-hybridized carbons (Fsp3) is 0.333. The lowest BCUT2D eigenvalue weighted by atomic mass is 10.2. The third-order valence-electron chi connectivity index (χ3n) is 4.71. The van der Waals surface area contributed by atoms with Crippen molar-refractivity contribution < 1.29 is 1.37 Å². The van der Waals surface area contributed by atoms with Gasteiger partial charge in [0.2, 0.25) is 0 Å². The lowest BCUT2D eigenvalue weighted by molar-refractivity contribution is 0.291. The SMILES string of the molecule is C1=CCN(Cc2ccccc2)CC1.[2H]C1=CCN(Cc2ccccc2)CC1. The first-order valence-corrected chi connectivity index (χ1v) is 9.63. The molecule has 0 N–H and O–H groups in total. The van der Waals surface area contributed by atoms with Gasteiger partial charge in [-0.3, -0.25) is 9.80 Å². The van der Waals surface area contributed by atoms with E-state index in [0.717, 1.165) is 45.2 Å². The second-order valence-electron chi connectivity index (χ2n) is 6.86. The maximum absolute atomic E-state index is 7.48. The molecule has 2 aromatic carbocycles. The third-order valence-corrected chi connectivity index (χ3v) is 4.71. The molecule has 2 aliphatic rings. The largest absolute Gasteiger partial charge is 0.295 e.